The smallest absolute Gasteiger partial charge is 0.211 e. The fourth-order valence-corrected chi connectivity index (χ4v) is 1.59. The average Bonchev–Trinajstić information content (AvgIpc) is 2.33. The summed E-state index contributed by atoms with van der Waals surface area (Å²) in [4.78, 5) is 10.3. The Morgan fingerprint density at radius 1 is 1.12 bits per heavy atom. The fourth-order valence-electron chi connectivity index (χ4n) is 1.59. The maximum Gasteiger partial charge on any atom is 0.211 e. The monoisotopic (exact) mass is 231 g/mol. The summed E-state index contributed by atoms with van der Waals surface area (Å²) in [5.41, 5.74) is 1.13. The Bertz CT molecular complexity index is 555. The zero-order chi connectivity index (χ0) is 12.3. The number of phenolic OH excluding ortho intramolecular Hbond substituents is 1. The van der Waals surface area contributed by atoms with Crippen LogP contribution in [0.5, 0.6) is 5.75 Å². The SMILES string of the molecule is O=CNc1ccc(O)c(-c2ccccc2F)c1. The Labute approximate surface area is 97.5 Å². The Morgan fingerprint density at radius 3 is 2.59 bits per heavy atom. The topological polar surface area (TPSA) is 49.3 Å². The minimum Gasteiger partial charge on any atom is -0.507 e. The van der Waals surface area contributed by atoms with E-state index in [9.17, 15) is 14.3 Å². The number of amides is 1. The predicted molar refractivity (Wildman–Crippen MR) is 63.2 cm³/mol. The van der Waals surface area contributed by atoms with Gasteiger partial charge in [0.2, 0.25) is 6.41 Å². The number of benzene rings is 2. The van der Waals surface area contributed by atoms with Crippen molar-refractivity contribution >= 4 is 12.1 Å². The summed E-state index contributed by atoms with van der Waals surface area (Å²) < 4.78 is 13.6. The van der Waals surface area contributed by atoms with Crippen LogP contribution >= 0.6 is 0 Å². The molecule has 0 atom stereocenters. The summed E-state index contributed by atoms with van der Waals surface area (Å²) in [7, 11) is 0. The van der Waals surface area contributed by atoms with Crippen molar-refractivity contribution in [2.45, 2.75) is 0 Å². The molecule has 0 spiro atoms. The van der Waals surface area contributed by atoms with Gasteiger partial charge in [0.1, 0.15) is 11.6 Å². The largest absolute Gasteiger partial charge is 0.507 e. The van der Waals surface area contributed by atoms with Crippen LogP contribution in [0.15, 0.2) is 42.5 Å². The van der Waals surface area contributed by atoms with E-state index in [2.05, 4.69) is 5.32 Å². The number of carbonyl (C=O) groups is 1. The highest BCUT2D eigenvalue weighted by atomic mass is 19.1. The molecule has 2 rings (SSSR count). The van der Waals surface area contributed by atoms with Crippen LogP contribution in [0.1, 0.15) is 0 Å². The molecule has 86 valence electrons. The Hall–Kier alpha value is -2.36. The lowest BCUT2D eigenvalue weighted by molar-refractivity contribution is -0.105. The lowest BCUT2D eigenvalue weighted by atomic mass is 10.0. The second kappa shape index (κ2) is 4.65. The number of anilines is 1. The third-order valence-electron chi connectivity index (χ3n) is 2.39. The molecule has 0 aromatic heterocycles. The molecule has 1 amide bonds. The van der Waals surface area contributed by atoms with Gasteiger partial charge in [0, 0.05) is 16.8 Å². The number of hydrogen-bond acceptors (Lipinski definition) is 2. The minimum absolute atomic E-state index is 0.0356. The van der Waals surface area contributed by atoms with Gasteiger partial charge in [-0.25, -0.2) is 4.39 Å². The zero-order valence-corrected chi connectivity index (χ0v) is 8.85. The summed E-state index contributed by atoms with van der Waals surface area (Å²) in [6, 6.07) is 10.6. The van der Waals surface area contributed by atoms with Crippen molar-refractivity contribution < 1.29 is 14.3 Å². The second-order valence-corrected chi connectivity index (χ2v) is 3.47. The number of halogens is 1. The lowest BCUT2D eigenvalue weighted by Crippen LogP contribution is -1.94. The molecule has 0 saturated carbocycles. The number of hydrogen-bond donors (Lipinski definition) is 2. The number of phenols is 1. The van der Waals surface area contributed by atoms with E-state index in [1.54, 1.807) is 18.2 Å². The number of nitrogens with one attached hydrogen (secondary N) is 1. The van der Waals surface area contributed by atoms with Gasteiger partial charge >= 0.3 is 0 Å². The van der Waals surface area contributed by atoms with E-state index in [1.165, 1.54) is 24.3 Å². The normalized spacial score (nSPS) is 9.94. The molecule has 0 radical (unpaired) electrons. The van der Waals surface area contributed by atoms with Crippen LogP contribution < -0.4 is 5.32 Å². The maximum absolute atomic E-state index is 13.6. The van der Waals surface area contributed by atoms with Gasteiger partial charge in [-0.2, -0.15) is 0 Å². The van der Waals surface area contributed by atoms with Gasteiger partial charge in [-0.05, 0) is 24.3 Å². The second-order valence-electron chi connectivity index (χ2n) is 3.47. The first-order chi connectivity index (χ1) is 8.22. The van der Waals surface area contributed by atoms with Crippen molar-refractivity contribution in [3.05, 3.63) is 48.3 Å². The number of carbonyl (C=O) groups excluding carboxylic acids is 1. The van der Waals surface area contributed by atoms with Crippen LogP contribution in [0.25, 0.3) is 11.1 Å². The third kappa shape index (κ3) is 2.25. The zero-order valence-electron chi connectivity index (χ0n) is 8.85. The van der Waals surface area contributed by atoms with Crippen molar-refractivity contribution in [2.75, 3.05) is 5.32 Å². The molecule has 0 bridgehead atoms. The quantitative estimate of drug-likeness (QED) is 0.630. The van der Waals surface area contributed by atoms with Crippen molar-refractivity contribution in [3.63, 3.8) is 0 Å². The van der Waals surface area contributed by atoms with E-state index in [4.69, 9.17) is 0 Å². The molecule has 0 aliphatic carbocycles. The van der Waals surface area contributed by atoms with Crippen LogP contribution in [0.2, 0.25) is 0 Å². The highest BCUT2D eigenvalue weighted by Crippen LogP contribution is 2.33. The number of aromatic hydroxyl groups is 1. The Morgan fingerprint density at radius 2 is 1.88 bits per heavy atom. The molecular formula is C13H10FNO2. The lowest BCUT2D eigenvalue weighted by Gasteiger charge is -2.08. The van der Waals surface area contributed by atoms with Gasteiger partial charge in [0.25, 0.3) is 0 Å². The molecule has 0 fully saturated rings. The molecule has 0 unspecified atom stereocenters. The van der Waals surface area contributed by atoms with E-state index in [-0.39, 0.29) is 5.75 Å². The van der Waals surface area contributed by atoms with Gasteiger partial charge < -0.3 is 10.4 Å². The Balaban J connectivity index is 2.54. The summed E-state index contributed by atoms with van der Waals surface area (Å²) in [6.07, 6.45) is 0.525. The summed E-state index contributed by atoms with van der Waals surface area (Å²) >= 11 is 0. The van der Waals surface area contributed by atoms with Gasteiger partial charge in [-0.3, -0.25) is 4.79 Å². The molecule has 0 saturated heterocycles. The van der Waals surface area contributed by atoms with E-state index in [1.807, 2.05) is 0 Å². The van der Waals surface area contributed by atoms with Crippen LogP contribution in [-0.4, -0.2) is 11.5 Å². The average molecular weight is 231 g/mol. The van der Waals surface area contributed by atoms with E-state index in [0.717, 1.165) is 0 Å². The molecule has 0 aliphatic rings. The first-order valence-electron chi connectivity index (χ1n) is 5.00. The fraction of sp³-hybridized carbons (Fsp3) is 0. The molecule has 3 nitrogen and oxygen atoms in total. The molecule has 2 N–H and O–H groups in total. The van der Waals surface area contributed by atoms with Crippen LogP contribution in [-0.2, 0) is 4.79 Å². The first kappa shape index (κ1) is 11.1. The van der Waals surface area contributed by atoms with Gasteiger partial charge in [-0.1, -0.05) is 18.2 Å². The highest BCUT2D eigenvalue weighted by molar-refractivity contribution is 5.79. The molecule has 2 aromatic carbocycles. The van der Waals surface area contributed by atoms with Crippen molar-refractivity contribution in [1.82, 2.24) is 0 Å². The number of rotatable bonds is 3. The minimum atomic E-state index is -0.425. The van der Waals surface area contributed by atoms with E-state index < -0.39 is 5.82 Å². The van der Waals surface area contributed by atoms with Crippen LogP contribution in [0.3, 0.4) is 0 Å². The third-order valence-corrected chi connectivity index (χ3v) is 2.39. The molecule has 0 heterocycles. The Kier molecular flexibility index (Phi) is 3.05. The van der Waals surface area contributed by atoms with Gasteiger partial charge in [0.05, 0.1) is 0 Å². The molecule has 2 aromatic rings. The molecular weight excluding hydrogens is 221 g/mol. The summed E-state index contributed by atoms with van der Waals surface area (Å²) in [6.45, 7) is 0. The standard InChI is InChI=1S/C13H10FNO2/c14-12-4-2-1-3-10(12)11-7-9(15-8-16)5-6-13(11)17/h1-8,17H,(H,15,16). The summed E-state index contributed by atoms with van der Waals surface area (Å²) in [5.74, 6) is -0.461. The predicted octanol–water partition coefficient (Wildman–Crippen LogP) is 2.77. The van der Waals surface area contributed by atoms with Gasteiger partial charge in [-0.15, -0.1) is 0 Å². The summed E-state index contributed by atoms with van der Waals surface area (Å²) in [5, 5.41) is 12.1. The van der Waals surface area contributed by atoms with Crippen molar-refractivity contribution in [2.24, 2.45) is 0 Å². The molecule has 0 aliphatic heterocycles. The van der Waals surface area contributed by atoms with Crippen LogP contribution in [0, 0.1) is 5.82 Å². The maximum atomic E-state index is 13.6. The molecule has 4 heteroatoms. The highest BCUT2D eigenvalue weighted by Gasteiger charge is 2.09. The van der Waals surface area contributed by atoms with E-state index >= 15 is 0 Å². The van der Waals surface area contributed by atoms with Crippen molar-refractivity contribution in [1.29, 1.82) is 0 Å². The van der Waals surface area contributed by atoms with Crippen molar-refractivity contribution in [3.8, 4) is 16.9 Å². The first-order valence-corrected chi connectivity index (χ1v) is 5.00. The molecule has 17 heavy (non-hydrogen) atoms. The van der Waals surface area contributed by atoms with Crippen LogP contribution in [0.4, 0.5) is 10.1 Å². The van der Waals surface area contributed by atoms with Gasteiger partial charge in [0.15, 0.2) is 0 Å². The van der Waals surface area contributed by atoms with E-state index in [0.29, 0.717) is 23.2 Å².